The molecule has 10 heteroatoms. The van der Waals surface area contributed by atoms with Crippen molar-refractivity contribution in [2.75, 3.05) is 5.32 Å². The minimum absolute atomic E-state index is 0.109. The number of anilines is 1. The van der Waals surface area contributed by atoms with Crippen molar-refractivity contribution in [3.8, 4) is 0 Å². The molecule has 0 radical (unpaired) electrons. The highest BCUT2D eigenvalue weighted by atomic mass is 35.5. The molecule has 6 nitrogen and oxygen atoms in total. The predicted molar refractivity (Wildman–Crippen MR) is 58.5 cm³/mol. The number of halogens is 4. The Kier molecular flexibility index (Phi) is 5.18. The SMILES string of the molecule is O=C(O)C(F)(F)F.[2H]c1cc(Cl)cnc1NC(=N)N. The Morgan fingerprint density at radius 1 is 1.67 bits per heavy atom. The van der Waals surface area contributed by atoms with Gasteiger partial charge < -0.3 is 16.2 Å². The quantitative estimate of drug-likeness (QED) is 0.463. The summed E-state index contributed by atoms with van der Waals surface area (Å²) >= 11 is 5.56. The van der Waals surface area contributed by atoms with Crippen LogP contribution in [0.5, 0.6) is 0 Å². The maximum atomic E-state index is 10.6. The van der Waals surface area contributed by atoms with Crippen LogP contribution in [0, 0.1) is 5.41 Å². The van der Waals surface area contributed by atoms with Crippen molar-refractivity contribution in [1.82, 2.24) is 4.98 Å². The van der Waals surface area contributed by atoms with Crippen molar-refractivity contribution in [1.29, 1.82) is 5.41 Å². The summed E-state index contributed by atoms with van der Waals surface area (Å²) < 4.78 is 39.1. The Labute approximate surface area is 105 Å². The number of carbonyl (C=O) groups is 1. The number of carboxylic acids is 1. The van der Waals surface area contributed by atoms with Crippen molar-refractivity contribution in [3.05, 3.63) is 23.3 Å². The van der Waals surface area contributed by atoms with E-state index in [0.717, 1.165) is 0 Å². The molecule has 5 N–H and O–H groups in total. The first-order valence-electron chi connectivity index (χ1n) is 4.57. The molecule has 0 spiro atoms. The van der Waals surface area contributed by atoms with Gasteiger partial charge in [-0.3, -0.25) is 5.41 Å². The average Bonchev–Trinajstić information content (AvgIpc) is 2.21. The number of nitrogens with two attached hydrogens (primary N) is 1. The summed E-state index contributed by atoms with van der Waals surface area (Å²) in [4.78, 5) is 12.7. The zero-order valence-corrected chi connectivity index (χ0v) is 9.30. The normalized spacial score (nSPS) is 10.8. The number of hydrogen-bond acceptors (Lipinski definition) is 3. The summed E-state index contributed by atoms with van der Waals surface area (Å²) in [5.74, 6) is -2.78. The average molecular weight is 286 g/mol. The molecular weight excluding hydrogens is 277 g/mol. The van der Waals surface area contributed by atoms with Gasteiger partial charge in [-0.25, -0.2) is 9.78 Å². The zero-order valence-electron chi connectivity index (χ0n) is 9.55. The molecule has 1 aromatic heterocycles. The fourth-order valence-corrected chi connectivity index (χ4v) is 0.637. The van der Waals surface area contributed by atoms with Gasteiger partial charge in [0.2, 0.25) is 0 Å². The number of aliphatic carboxylic acids is 1. The van der Waals surface area contributed by atoms with Crippen LogP contribution in [-0.2, 0) is 4.79 Å². The molecule has 18 heavy (non-hydrogen) atoms. The third-order valence-electron chi connectivity index (χ3n) is 1.16. The molecule has 100 valence electrons. The first-order chi connectivity index (χ1) is 8.54. The second-order valence-corrected chi connectivity index (χ2v) is 3.06. The van der Waals surface area contributed by atoms with Gasteiger partial charge in [-0.15, -0.1) is 0 Å². The smallest absolute Gasteiger partial charge is 0.475 e. The van der Waals surface area contributed by atoms with Crippen molar-refractivity contribution in [2.45, 2.75) is 6.18 Å². The highest BCUT2D eigenvalue weighted by Crippen LogP contribution is 2.13. The number of pyridine rings is 1. The summed E-state index contributed by atoms with van der Waals surface area (Å²) in [5.41, 5.74) is 5.05. The molecule has 0 bridgehead atoms. The lowest BCUT2D eigenvalue weighted by Gasteiger charge is -2.00. The predicted octanol–water partition coefficient (Wildman–Crippen LogP) is 1.67. The van der Waals surface area contributed by atoms with Crippen LogP contribution in [0.4, 0.5) is 19.0 Å². The van der Waals surface area contributed by atoms with Gasteiger partial charge in [0.1, 0.15) is 5.82 Å². The van der Waals surface area contributed by atoms with Crippen molar-refractivity contribution in [2.24, 2.45) is 5.73 Å². The Morgan fingerprint density at radius 2 is 2.17 bits per heavy atom. The standard InChI is InChI=1S/C6H7ClN4.C2HF3O2/c7-4-1-2-5(10-3-4)11-6(8)9;3-2(4,5)1(6)7/h1-3H,(H4,8,9,10,11);(H,6,7)/i2D;. The Morgan fingerprint density at radius 3 is 2.50 bits per heavy atom. The number of nitrogens with zero attached hydrogens (tertiary/aromatic N) is 1. The summed E-state index contributed by atoms with van der Waals surface area (Å²) in [6, 6.07) is 1.53. The monoisotopic (exact) mass is 285 g/mol. The number of nitrogens with one attached hydrogen (secondary N) is 2. The summed E-state index contributed by atoms with van der Waals surface area (Å²) in [7, 11) is 0. The lowest BCUT2D eigenvalue weighted by Crippen LogP contribution is -2.21. The van der Waals surface area contributed by atoms with Crippen molar-refractivity contribution < 1.29 is 24.4 Å². The lowest BCUT2D eigenvalue weighted by atomic mass is 10.4. The number of rotatable bonds is 1. The van der Waals surface area contributed by atoms with Crippen molar-refractivity contribution in [3.63, 3.8) is 0 Å². The maximum Gasteiger partial charge on any atom is 0.490 e. The number of carboxylic acid groups (broad SMARTS) is 1. The molecule has 0 unspecified atom stereocenters. The van der Waals surface area contributed by atoms with Gasteiger partial charge in [-0.1, -0.05) is 11.6 Å². The molecule has 1 heterocycles. The van der Waals surface area contributed by atoms with E-state index in [1.54, 1.807) is 0 Å². The van der Waals surface area contributed by atoms with Gasteiger partial charge in [0.15, 0.2) is 5.96 Å². The van der Waals surface area contributed by atoms with Gasteiger partial charge in [0.25, 0.3) is 0 Å². The van der Waals surface area contributed by atoms with Crippen LogP contribution >= 0.6 is 11.6 Å². The van der Waals surface area contributed by atoms with Gasteiger partial charge in [-0.05, 0) is 12.1 Å². The van der Waals surface area contributed by atoms with E-state index < -0.39 is 12.1 Å². The van der Waals surface area contributed by atoms with Crippen molar-refractivity contribution >= 4 is 29.3 Å². The Bertz CT molecular complexity index is 484. The second-order valence-electron chi connectivity index (χ2n) is 2.62. The molecule has 0 aliphatic carbocycles. The minimum Gasteiger partial charge on any atom is -0.475 e. The number of aromatic nitrogens is 1. The van der Waals surface area contributed by atoms with E-state index in [2.05, 4.69) is 10.3 Å². The molecule has 0 aromatic carbocycles. The van der Waals surface area contributed by atoms with Gasteiger partial charge in [0.05, 0.1) is 6.39 Å². The number of alkyl halides is 3. The Balaban J connectivity index is 0.000000399. The molecule has 0 saturated carbocycles. The highest BCUT2D eigenvalue weighted by Gasteiger charge is 2.38. The summed E-state index contributed by atoms with van der Waals surface area (Å²) in [6.07, 6.45) is -3.70. The Hall–Kier alpha value is -2.03. The molecule has 0 atom stereocenters. The van der Waals surface area contributed by atoms with E-state index in [-0.39, 0.29) is 17.8 Å². The fourth-order valence-electron chi connectivity index (χ4n) is 0.534. The van der Waals surface area contributed by atoms with E-state index >= 15 is 0 Å². The van der Waals surface area contributed by atoms with Gasteiger partial charge in [0, 0.05) is 6.20 Å². The first kappa shape index (κ1) is 14.0. The highest BCUT2D eigenvalue weighted by molar-refractivity contribution is 6.30. The maximum absolute atomic E-state index is 10.6. The van der Waals surface area contributed by atoms with E-state index in [0.29, 0.717) is 5.02 Å². The lowest BCUT2D eigenvalue weighted by molar-refractivity contribution is -0.192. The third kappa shape index (κ3) is 7.28. The molecule has 1 aromatic rings. The number of hydrogen-bond donors (Lipinski definition) is 4. The summed E-state index contributed by atoms with van der Waals surface area (Å²) in [6.45, 7) is 0. The molecule has 0 aliphatic rings. The zero-order chi connectivity index (χ0) is 15.2. The van der Waals surface area contributed by atoms with Crippen LogP contribution in [0.2, 0.25) is 5.02 Å². The topological polar surface area (TPSA) is 112 Å². The van der Waals surface area contributed by atoms with Crippen LogP contribution < -0.4 is 11.1 Å². The van der Waals surface area contributed by atoms with Crippen LogP contribution in [0.1, 0.15) is 1.37 Å². The van der Waals surface area contributed by atoms with E-state index in [9.17, 15) is 13.2 Å². The molecule has 0 amide bonds. The molecule has 0 fully saturated rings. The van der Waals surface area contributed by atoms with E-state index in [4.69, 9.17) is 34.0 Å². The molecule has 0 aliphatic heterocycles. The third-order valence-corrected chi connectivity index (χ3v) is 1.37. The fraction of sp³-hybridized carbons (Fsp3) is 0.125. The van der Waals surface area contributed by atoms with Crippen LogP contribution in [-0.4, -0.2) is 28.2 Å². The molecule has 0 saturated heterocycles. The van der Waals surface area contributed by atoms with E-state index in [1.807, 2.05) is 0 Å². The number of guanidine groups is 1. The van der Waals surface area contributed by atoms with Gasteiger partial charge >= 0.3 is 12.1 Å². The second kappa shape index (κ2) is 6.64. The molecular formula is C8H8ClF3N4O2. The van der Waals surface area contributed by atoms with Crippen LogP contribution in [0.15, 0.2) is 18.3 Å². The molecule has 1 rings (SSSR count). The summed E-state index contributed by atoms with van der Waals surface area (Å²) in [5, 5.41) is 16.8. The minimum atomic E-state index is -5.08. The van der Waals surface area contributed by atoms with Gasteiger partial charge in [-0.2, -0.15) is 13.2 Å². The first-order valence-corrected chi connectivity index (χ1v) is 4.45. The van der Waals surface area contributed by atoms with Crippen LogP contribution in [0.3, 0.4) is 0 Å². The largest absolute Gasteiger partial charge is 0.490 e. The van der Waals surface area contributed by atoms with E-state index in [1.165, 1.54) is 12.3 Å². The van der Waals surface area contributed by atoms with Crippen LogP contribution in [0.25, 0.3) is 0 Å².